The van der Waals surface area contributed by atoms with E-state index >= 15 is 0 Å². The highest BCUT2D eigenvalue weighted by atomic mass is 16.1. The van der Waals surface area contributed by atoms with Gasteiger partial charge in [0.15, 0.2) is 0 Å². The lowest BCUT2D eigenvalue weighted by molar-refractivity contribution is 0.112. The van der Waals surface area contributed by atoms with Crippen molar-refractivity contribution < 1.29 is 4.79 Å². The first-order chi connectivity index (χ1) is 8.76. The Bertz CT molecular complexity index is 567. The monoisotopic (exact) mass is 243 g/mol. The van der Waals surface area contributed by atoms with E-state index in [9.17, 15) is 4.79 Å². The van der Waals surface area contributed by atoms with E-state index < -0.39 is 0 Å². The fraction of sp³-hybridized carbons (Fsp3) is 0.429. The van der Waals surface area contributed by atoms with Crippen LogP contribution in [0.5, 0.6) is 0 Å². The minimum absolute atomic E-state index is 0.556. The standard InChI is InChI=1S/C14H17N3O/c1-16-5-3-12(4-6-16)13-9-17-7-2-11(10-18)8-14(17)15-13/h2,7-10,12H,3-6H2,1H3. The number of aldehydes is 1. The molecule has 0 radical (unpaired) electrons. The zero-order valence-corrected chi connectivity index (χ0v) is 10.5. The molecule has 3 rings (SSSR count). The van der Waals surface area contributed by atoms with Crippen molar-refractivity contribution in [3.8, 4) is 0 Å². The third-order valence-corrected chi connectivity index (χ3v) is 3.78. The number of carbonyl (C=O) groups is 1. The fourth-order valence-corrected chi connectivity index (χ4v) is 2.59. The number of hydrogen-bond acceptors (Lipinski definition) is 3. The Morgan fingerprint density at radius 2 is 2.17 bits per heavy atom. The van der Waals surface area contributed by atoms with Crippen LogP contribution in [0.1, 0.15) is 34.8 Å². The van der Waals surface area contributed by atoms with Crippen LogP contribution in [-0.4, -0.2) is 40.7 Å². The van der Waals surface area contributed by atoms with Gasteiger partial charge in [-0.15, -0.1) is 0 Å². The normalized spacial score (nSPS) is 18.3. The van der Waals surface area contributed by atoms with Crippen molar-refractivity contribution in [2.24, 2.45) is 0 Å². The SMILES string of the molecule is CN1CCC(c2cn3ccc(C=O)cc3n2)CC1. The lowest BCUT2D eigenvalue weighted by Crippen LogP contribution is -2.29. The van der Waals surface area contributed by atoms with Gasteiger partial charge in [-0.05, 0) is 45.1 Å². The van der Waals surface area contributed by atoms with Crippen LogP contribution in [0.15, 0.2) is 24.5 Å². The number of pyridine rings is 1. The topological polar surface area (TPSA) is 37.6 Å². The highest BCUT2D eigenvalue weighted by Gasteiger charge is 2.20. The van der Waals surface area contributed by atoms with Gasteiger partial charge in [-0.2, -0.15) is 0 Å². The molecule has 0 bridgehead atoms. The Morgan fingerprint density at radius 1 is 1.39 bits per heavy atom. The average Bonchev–Trinajstić information content (AvgIpc) is 2.82. The predicted molar refractivity (Wildman–Crippen MR) is 70.1 cm³/mol. The summed E-state index contributed by atoms with van der Waals surface area (Å²) in [5.74, 6) is 0.556. The Balaban J connectivity index is 1.91. The third-order valence-electron chi connectivity index (χ3n) is 3.78. The minimum Gasteiger partial charge on any atom is -0.307 e. The molecule has 1 saturated heterocycles. The molecular formula is C14H17N3O. The first-order valence-corrected chi connectivity index (χ1v) is 6.38. The first kappa shape index (κ1) is 11.4. The van der Waals surface area contributed by atoms with Crippen LogP contribution >= 0.6 is 0 Å². The van der Waals surface area contributed by atoms with Crippen LogP contribution in [0.2, 0.25) is 0 Å². The molecule has 0 amide bonds. The number of imidazole rings is 1. The molecule has 4 nitrogen and oxygen atoms in total. The minimum atomic E-state index is 0.556. The Morgan fingerprint density at radius 3 is 2.89 bits per heavy atom. The van der Waals surface area contributed by atoms with Gasteiger partial charge in [0.25, 0.3) is 0 Å². The molecule has 1 aliphatic rings. The number of carbonyl (C=O) groups excluding carboxylic acids is 1. The number of hydrogen-bond donors (Lipinski definition) is 0. The van der Waals surface area contributed by atoms with E-state index in [2.05, 4.69) is 23.1 Å². The molecule has 1 fully saturated rings. The van der Waals surface area contributed by atoms with Crippen molar-refractivity contribution in [2.75, 3.05) is 20.1 Å². The number of fused-ring (bicyclic) bond motifs is 1. The maximum absolute atomic E-state index is 10.8. The smallest absolute Gasteiger partial charge is 0.150 e. The summed E-state index contributed by atoms with van der Waals surface area (Å²) in [6, 6.07) is 3.66. The zero-order valence-electron chi connectivity index (χ0n) is 10.5. The largest absolute Gasteiger partial charge is 0.307 e. The summed E-state index contributed by atoms with van der Waals surface area (Å²) in [6.07, 6.45) is 7.20. The summed E-state index contributed by atoms with van der Waals surface area (Å²) in [4.78, 5) is 17.8. The van der Waals surface area contributed by atoms with Crippen molar-refractivity contribution in [1.82, 2.24) is 14.3 Å². The van der Waals surface area contributed by atoms with Crippen LogP contribution in [-0.2, 0) is 0 Å². The molecule has 2 aromatic heterocycles. The quantitative estimate of drug-likeness (QED) is 0.757. The van der Waals surface area contributed by atoms with Gasteiger partial charge >= 0.3 is 0 Å². The predicted octanol–water partition coefficient (Wildman–Crippen LogP) is 1.96. The van der Waals surface area contributed by atoms with Crippen molar-refractivity contribution in [3.05, 3.63) is 35.8 Å². The molecule has 0 atom stereocenters. The van der Waals surface area contributed by atoms with E-state index in [-0.39, 0.29) is 0 Å². The van der Waals surface area contributed by atoms with Gasteiger partial charge < -0.3 is 9.30 Å². The van der Waals surface area contributed by atoms with Crippen LogP contribution in [0.25, 0.3) is 5.65 Å². The maximum atomic E-state index is 10.8. The molecule has 0 N–H and O–H groups in total. The Hall–Kier alpha value is -1.68. The first-order valence-electron chi connectivity index (χ1n) is 6.38. The van der Waals surface area contributed by atoms with Gasteiger partial charge in [-0.3, -0.25) is 4.79 Å². The molecule has 94 valence electrons. The molecule has 0 aromatic carbocycles. The van der Waals surface area contributed by atoms with Gasteiger partial charge in [0.1, 0.15) is 11.9 Å². The summed E-state index contributed by atoms with van der Waals surface area (Å²) >= 11 is 0. The molecule has 1 aliphatic heterocycles. The summed E-state index contributed by atoms with van der Waals surface area (Å²) in [7, 11) is 2.16. The van der Waals surface area contributed by atoms with Crippen LogP contribution in [0.4, 0.5) is 0 Å². The number of nitrogens with zero attached hydrogens (tertiary/aromatic N) is 3. The van der Waals surface area contributed by atoms with Crippen molar-refractivity contribution in [1.29, 1.82) is 0 Å². The van der Waals surface area contributed by atoms with Gasteiger partial charge in [0.05, 0.1) is 5.69 Å². The molecule has 0 unspecified atom stereocenters. The van der Waals surface area contributed by atoms with E-state index in [1.165, 1.54) is 12.8 Å². The van der Waals surface area contributed by atoms with E-state index in [0.29, 0.717) is 11.5 Å². The van der Waals surface area contributed by atoms with Gasteiger partial charge in [-0.25, -0.2) is 4.98 Å². The van der Waals surface area contributed by atoms with Crippen LogP contribution in [0.3, 0.4) is 0 Å². The Kier molecular flexibility index (Phi) is 2.88. The second kappa shape index (κ2) is 4.53. The van der Waals surface area contributed by atoms with E-state index in [0.717, 1.165) is 30.7 Å². The molecule has 4 heteroatoms. The molecule has 18 heavy (non-hydrogen) atoms. The highest BCUT2D eigenvalue weighted by molar-refractivity contribution is 5.76. The number of piperidine rings is 1. The summed E-state index contributed by atoms with van der Waals surface area (Å²) in [5, 5.41) is 0. The lowest BCUT2D eigenvalue weighted by Gasteiger charge is -2.27. The van der Waals surface area contributed by atoms with Crippen LogP contribution in [0, 0.1) is 0 Å². The van der Waals surface area contributed by atoms with Crippen molar-refractivity contribution in [3.63, 3.8) is 0 Å². The number of likely N-dealkylation sites (tertiary alicyclic amines) is 1. The molecule has 0 spiro atoms. The zero-order chi connectivity index (χ0) is 12.5. The van der Waals surface area contributed by atoms with Crippen molar-refractivity contribution >= 4 is 11.9 Å². The fourth-order valence-electron chi connectivity index (χ4n) is 2.59. The Labute approximate surface area is 106 Å². The third kappa shape index (κ3) is 2.04. The number of rotatable bonds is 2. The van der Waals surface area contributed by atoms with E-state index in [4.69, 9.17) is 0 Å². The number of aromatic nitrogens is 2. The summed E-state index contributed by atoms with van der Waals surface area (Å²) in [5.41, 5.74) is 2.71. The van der Waals surface area contributed by atoms with E-state index in [1.54, 1.807) is 0 Å². The second-order valence-corrected chi connectivity index (χ2v) is 5.09. The van der Waals surface area contributed by atoms with Gasteiger partial charge in [0.2, 0.25) is 0 Å². The molecule has 0 aliphatic carbocycles. The van der Waals surface area contributed by atoms with Crippen LogP contribution < -0.4 is 0 Å². The van der Waals surface area contributed by atoms with E-state index in [1.807, 2.05) is 22.7 Å². The van der Waals surface area contributed by atoms with Gasteiger partial charge in [0, 0.05) is 23.9 Å². The highest BCUT2D eigenvalue weighted by Crippen LogP contribution is 2.26. The molecule has 3 heterocycles. The molecular weight excluding hydrogens is 226 g/mol. The molecule has 0 saturated carbocycles. The molecule has 2 aromatic rings. The average molecular weight is 243 g/mol. The second-order valence-electron chi connectivity index (χ2n) is 5.09. The summed E-state index contributed by atoms with van der Waals surface area (Å²) < 4.78 is 2.00. The van der Waals surface area contributed by atoms with Crippen molar-refractivity contribution in [2.45, 2.75) is 18.8 Å². The lowest BCUT2D eigenvalue weighted by atomic mass is 9.94. The maximum Gasteiger partial charge on any atom is 0.150 e. The summed E-state index contributed by atoms with van der Waals surface area (Å²) in [6.45, 7) is 2.27. The van der Waals surface area contributed by atoms with Gasteiger partial charge in [-0.1, -0.05) is 0 Å².